The first kappa shape index (κ1) is 28.5. The van der Waals surface area contributed by atoms with Gasteiger partial charge in [-0.3, -0.25) is 9.59 Å². The minimum absolute atomic E-state index is 0.0614. The summed E-state index contributed by atoms with van der Waals surface area (Å²) in [4.78, 5) is 65.1. The second-order valence-electron chi connectivity index (χ2n) is 9.68. The Morgan fingerprint density at radius 2 is 1.53 bits per heavy atom. The van der Waals surface area contributed by atoms with E-state index in [9.17, 15) is 34.2 Å². The number of nitrogens with zero attached hydrogens (tertiary/aromatic N) is 1. The first-order chi connectivity index (χ1) is 17.8. The third-order valence-corrected chi connectivity index (χ3v) is 7.21. The average molecular weight is 544 g/mol. The number of hydrogen-bond acceptors (Lipinski definition) is 7. The summed E-state index contributed by atoms with van der Waals surface area (Å²) in [5.74, 6) is -4.59. The van der Waals surface area contributed by atoms with Gasteiger partial charge in [-0.1, -0.05) is 60.7 Å². The molecule has 1 aliphatic rings. The van der Waals surface area contributed by atoms with E-state index >= 15 is 0 Å². The number of urea groups is 1. The van der Waals surface area contributed by atoms with Gasteiger partial charge in [0.25, 0.3) is 0 Å². The van der Waals surface area contributed by atoms with Crippen LogP contribution in [0.5, 0.6) is 0 Å². The third-order valence-electron chi connectivity index (χ3n) is 5.78. The monoisotopic (exact) mass is 543 g/mol. The minimum Gasteiger partial charge on any atom is -0.480 e. The van der Waals surface area contributed by atoms with Crippen molar-refractivity contribution < 1.29 is 38.9 Å². The van der Waals surface area contributed by atoms with Gasteiger partial charge in [0, 0.05) is 0 Å². The van der Waals surface area contributed by atoms with Gasteiger partial charge in [0.05, 0.1) is 12.5 Å². The number of carbonyl (C=O) groups is 5. The molecule has 1 saturated heterocycles. The molecular formula is C26H29N3O8S. The molecule has 4 atom stereocenters. The Bertz CT molecular complexity index is 1220. The fraction of sp³-hybridized carbons (Fsp3) is 0.346. The standard InChI is InChI=1S/C26H29N3O8S/c1-25(2,3)37-22(33)20-29(18(19(38-20)21(31)32)15-10-6-4-7-11-15)17(30)14-26(23(34)35,28-24(27)36)16-12-8-5-9-13-16/h4-13,18-20H,14H2,1-3H3,(H,31,32)(H,34,35)(H3,27,28,36)/t18-,19+,20-,26?/m0/s1. The molecule has 0 saturated carbocycles. The maximum absolute atomic E-state index is 14.0. The van der Waals surface area contributed by atoms with Crippen molar-refractivity contribution in [3.63, 3.8) is 0 Å². The van der Waals surface area contributed by atoms with Crippen LogP contribution in [0.25, 0.3) is 0 Å². The topological polar surface area (TPSA) is 176 Å². The van der Waals surface area contributed by atoms with Gasteiger partial charge in [0.15, 0.2) is 10.9 Å². The maximum atomic E-state index is 14.0. The minimum atomic E-state index is -2.30. The van der Waals surface area contributed by atoms with Crippen LogP contribution in [0.3, 0.4) is 0 Å². The number of esters is 1. The Labute approximate surface area is 223 Å². The molecular weight excluding hydrogens is 514 g/mol. The molecule has 38 heavy (non-hydrogen) atoms. The molecule has 0 aliphatic carbocycles. The van der Waals surface area contributed by atoms with Crippen LogP contribution in [0, 0.1) is 0 Å². The van der Waals surface area contributed by atoms with E-state index in [1.807, 2.05) is 0 Å². The zero-order valence-electron chi connectivity index (χ0n) is 21.0. The van der Waals surface area contributed by atoms with Crippen LogP contribution >= 0.6 is 11.8 Å². The molecule has 2 aromatic rings. The average Bonchev–Trinajstić information content (AvgIpc) is 3.25. The highest BCUT2D eigenvalue weighted by atomic mass is 32.2. The largest absolute Gasteiger partial charge is 0.480 e. The summed E-state index contributed by atoms with van der Waals surface area (Å²) in [6.07, 6.45) is -0.856. The van der Waals surface area contributed by atoms with Crippen molar-refractivity contribution >= 4 is 41.6 Å². The molecule has 1 unspecified atom stereocenters. The van der Waals surface area contributed by atoms with Crippen molar-refractivity contribution in [1.82, 2.24) is 10.2 Å². The Kier molecular flexibility index (Phi) is 8.35. The Morgan fingerprint density at radius 3 is 2.00 bits per heavy atom. The molecule has 1 heterocycles. The molecule has 0 bridgehead atoms. The number of ether oxygens (including phenoxy) is 1. The number of primary amides is 1. The molecule has 11 nitrogen and oxygen atoms in total. The van der Waals surface area contributed by atoms with Gasteiger partial charge in [0.2, 0.25) is 5.91 Å². The van der Waals surface area contributed by atoms with Gasteiger partial charge >= 0.3 is 23.9 Å². The molecule has 1 fully saturated rings. The van der Waals surface area contributed by atoms with Crippen LogP contribution in [0.4, 0.5) is 4.79 Å². The zero-order chi connectivity index (χ0) is 28.3. The number of nitrogens with one attached hydrogen (secondary N) is 1. The van der Waals surface area contributed by atoms with Gasteiger partial charge in [-0.25, -0.2) is 14.4 Å². The molecule has 0 spiro atoms. The summed E-state index contributed by atoms with van der Waals surface area (Å²) < 4.78 is 5.49. The Morgan fingerprint density at radius 1 is 0.974 bits per heavy atom. The fourth-order valence-corrected chi connectivity index (χ4v) is 5.65. The van der Waals surface area contributed by atoms with Crippen molar-refractivity contribution in [3.8, 4) is 0 Å². The van der Waals surface area contributed by atoms with Crippen molar-refractivity contribution in [3.05, 3.63) is 71.8 Å². The first-order valence-corrected chi connectivity index (χ1v) is 12.5. The van der Waals surface area contributed by atoms with Crippen molar-refractivity contribution in [2.24, 2.45) is 5.73 Å². The molecule has 1 aliphatic heterocycles. The lowest BCUT2D eigenvalue weighted by Gasteiger charge is -2.35. The molecule has 5 N–H and O–H groups in total. The van der Waals surface area contributed by atoms with E-state index in [0.717, 1.165) is 16.7 Å². The van der Waals surface area contributed by atoms with Crippen LogP contribution in [0.15, 0.2) is 60.7 Å². The number of benzene rings is 2. The number of thioether (sulfide) groups is 1. The summed E-state index contributed by atoms with van der Waals surface area (Å²) in [5.41, 5.74) is 2.56. The SMILES string of the molecule is CC(C)(C)OC(=O)[C@@H]1S[C@@H](C(=O)O)[C@H](c2ccccc2)N1C(=O)CC(NC(N)=O)(C(=O)O)c1ccccc1. The number of hydrogen-bond donors (Lipinski definition) is 4. The van der Waals surface area contributed by atoms with Crippen molar-refractivity contribution in [2.75, 3.05) is 0 Å². The van der Waals surface area contributed by atoms with Crippen molar-refractivity contribution in [1.29, 1.82) is 0 Å². The van der Waals surface area contributed by atoms with Gasteiger partial charge in [-0.2, -0.15) is 0 Å². The molecule has 2 aromatic carbocycles. The highest BCUT2D eigenvalue weighted by molar-refractivity contribution is 8.02. The lowest BCUT2D eigenvalue weighted by Crippen LogP contribution is -2.57. The normalized spacial score (nSPS) is 20.7. The molecule has 3 amide bonds. The van der Waals surface area contributed by atoms with E-state index in [4.69, 9.17) is 10.5 Å². The van der Waals surface area contributed by atoms with Gasteiger partial charge in [-0.15, -0.1) is 11.8 Å². The summed E-state index contributed by atoms with van der Waals surface area (Å²) in [6.45, 7) is 4.88. The zero-order valence-corrected chi connectivity index (χ0v) is 21.8. The lowest BCUT2D eigenvalue weighted by atomic mass is 9.85. The van der Waals surface area contributed by atoms with Crippen LogP contribution in [-0.4, -0.2) is 61.2 Å². The second-order valence-corrected chi connectivity index (χ2v) is 10.9. The van der Waals surface area contributed by atoms with Crippen LogP contribution in [0.1, 0.15) is 44.4 Å². The quantitative estimate of drug-likeness (QED) is 0.364. The summed E-state index contributed by atoms with van der Waals surface area (Å²) in [7, 11) is 0. The Hall–Kier alpha value is -4.06. The summed E-state index contributed by atoms with van der Waals surface area (Å²) >= 11 is 0.723. The molecule has 202 valence electrons. The van der Waals surface area contributed by atoms with E-state index < -0.39 is 64.1 Å². The third kappa shape index (κ3) is 6.08. The number of carboxylic acids is 2. The van der Waals surface area contributed by atoms with E-state index in [-0.39, 0.29) is 5.56 Å². The smallest absolute Gasteiger partial charge is 0.340 e. The molecule has 3 rings (SSSR count). The fourth-order valence-electron chi connectivity index (χ4n) is 4.28. The number of amides is 3. The van der Waals surface area contributed by atoms with E-state index in [1.165, 1.54) is 24.3 Å². The maximum Gasteiger partial charge on any atom is 0.340 e. The number of rotatable bonds is 8. The Balaban J connectivity index is 2.16. The predicted molar refractivity (Wildman–Crippen MR) is 138 cm³/mol. The number of carbonyl (C=O) groups excluding carboxylic acids is 3. The number of carboxylic acid groups (broad SMARTS) is 2. The number of nitrogens with two attached hydrogens (primary N) is 1. The molecule has 0 aromatic heterocycles. The van der Waals surface area contributed by atoms with E-state index in [2.05, 4.69) is 5.32 Å². The molecule has 12 heteroatoms. The van der Waals surface area contributed by atoms with Crippen molar-refractivity contribution in [2.45, 2.75) is 55.0 Å². The van der Waals surface area contributed by atoms with Gasteiger partial charge in [0.1, 0.15) is 10.9 Å². The summed E-state index contributed by atoms with van der Waals surface area (Å²) in [6, 6.07) is 13.4. The summed E-state index contributed by atoms with van der Waals surface area (Å²) in [5, 5.41) is 19.8. The van der Waals surface area contributed by atoms with Gasteiger partial charge in [-0.05, 0) is 31.9 Å². The van der Waals surface area contributed by atoms with Crippen LogP contribution in [0.2, 0.25) is 0 Å². The van der Waals surface area contributed by atoms with E-state index in [1.54, 1.807) is 57.2 Å². The van der Waals surface area contributed by atoms with Crippen LogP contribution < -0.4 is 11.1 Å². The molecule has 0 radical (unpaired) electrons. The van der Waals surface area contributed by atoms with Crippen LogP contribution in [-0.2, 0) is 29.5 Å². The van der Waals surface area contributed by atoms with E-state index in [0.29, 0.717) is 5.56 Å². The lowest BCUT2D eigenvalue weighted by molar-refractivity contribution is -0.162. The number of aliphatic carboxylic acids is 2. The highest BCUT2D eigenvalue weighted by Crippen LogP contribution is 2.46. The predicted octanol–water partition coefficient (Wildman–Crippen LogP) is 2.46. The van der Waals surface area contributed by atoms with Gasteiger partial charge < -0.3 is 30.9 Å². The highest BCUT2D eigenvalue weighted by Gasteiger charge is 2.55. The first-order valence-electron chi connectivity index (χ1n) is 11.6. The second kappa shape index (κ2) is 11.1.